The number of aryl methyl sites for hydroxylation is 1. The Bertz CT molecular complexity index is 810. The maximum absolute atomic E-state index is 14.0. The SMILES string of the molecule is Cc1cc(C(N)c2cccc3ncccc23)c(F)cc1F. The van der Waals surface area contributed by atoms with Crippen molar-refractivity contribution in [3.05, 3.63) is 77.0 Å². The smallest absolute Gasteiger partial charge is 0.131 e. The molecule has 0 amide bonds. The van der Waals surface area contributed by atoms with Crippen molar-refractivity contribution >= 4 is 10.9 Å². The molecule has 0 fully saturated rings. The molecule has 2 aromatic carbocycles. The van der Waals surface area contributed by atoms with Crippen molar-refractivity contribution in [1.82, 2.24) is 4.98 Å². The van der Waals surface area contributed by atoms with Gasteiger partial charge in [0.05, 0.1) is 11.6 Å². The zero-order valence-electron chi connectivity index (χ0n) is 11.5. The van der Waals surface area contributed by atoms with Crippen molar-refractivity contribution in [3.8, 4) is 0 Å². The van der Waals surface area contributed by atoms with Gasteiger partial charge < -0.3 is 5.73 Å². The van der Waals surface area contributed by atoms with Crippen molar-refractivity contribution in [2.75, 3.05) is 0 Å². The van der Waals surface area contributed by atoms with E-state index in [0.29, 0.717) is 5.56 Å². The number of fused-ring (bicyclic) bond motifs is 1. The zero-order chi connectivity index (χ0) is 15.0. The largest absolute Gasteiger partial charge is 0.320 e. The molecular weight excluding hydrogens is 270 g/mol. The van der Waals surface area contributed by atoms with E-state index in [1.807, 2.05) is 30.3 Å². The molecule has 4 heteroatoms. The number of aromatic nitrogens is 1. The van der Waals surface area contributed by atoms with Crippen LogP contribution in [0.3, 0.4) is 0 Å². The van der Waals surface area contributed by atoms with Gasteiger partial charge in [0.25, 0.3) is 0 Å². The Kier molecular flexibility index (Phi) is 3.39. The minimum Gasteiger partial charge on any atom is -0.320 e. The summed E-state index contributed by atoms with van der Waals surface area (Å²) in [6.07, 6.45) is 1.69. The number of benzene rings is 2. The summed E-state index contributed by atoms with van der Waals surface area (Å²) in [5, 5.41) is 0.869. The highest BCUT2D eigenvalue weighted by Crippen LogP contribution is 2.29. The number of nitrogens with zero attached hydrogens (tertiary/aromatic N) is 1. The second-order valence-electron chi connectivity index (χ2n) is 5.02. The van der Waals surface area contributed by atoms with E-state index >= 15 is 0 Å². The number of pyridine rings is 1. The lowest BCUT2D eigenvalue weighted by Crippen LogP contribution is -2.15. The van der Waals surface area contributed by atoms with Crippen molar-refractivity contribution < 1.29 is 8.78 Å². The van der Waals surface area contributed by atoms with E-state index in [1.54, 1.807) is 13.1 Å². The normalized spacial score (nSPS) is 12.6. The molecule has 0 aliphatic heterocycles. The van der Waals surface area contributed by atoms with Gasteiger partial charge in [0.2, 0.25) is 0 Å². The molecule has 3 aromatic rings. The lowest BCUT2D eigenvalue weighted by atomic mass is 9.94. The van der Waals surface area contributed by atoms with Crippen LogP contribution in [0.5, 0.6) is 0 Å². The first kappa shape index (κ1) is 13.6. The van der Waals surface area contributed by atoms with Crippen LogP contribution < -0.4 is 5.73 Å². The summed E-state index contributed by atoms with van der Waals surface area (Å²) < 4.78 is 27.4. The molecule has 1 unspecified atom stereocenters. The van der Waals surface area contributed by atoms with Crippen LogP contribution in [0.2, 0.25) is 0 Å². The fraction of sp³-hybridized carbons (Fsp3) is 0.118. The van der Waals surface area contributed by atoms with Crippen LogP contribution in [0.25, 0.3) is 10.9 Å². The molecule has 1 aromatic heterocycles. The van der Waals surface area contributed by atoms with Crippen LogP contribution in [-0.2, 0) is 0 Å². The van der Waals surface area contributed by atoms with Crippen LogP contribution in [0.1, 0.15) is 22.7 Å². The molecule has 0 aliphatic rings. The third-order valence-corrected chi connectivity index (χ3v) is 3.63. The molecule has 21 heavy (non-hydrogen) atoms. The standard InChI is InChI=1S/C17H14F2N2/c1-10-8-13(15(19)9-14(10)18)17(20)12-4-2-6-16-11(12)5-3-7-21-16/h2-9,17H,20H2,1H3. The molecule has 0 saturated carbocycles. The minimum atomic E-state index is -0.669. The van der Waals surface area contributed by atoms with Gasteiger partial charge in [-0.05, 0) is 36.2 Å². The van der Waals surface area contributed by atoms with Crippen molar-refractivity contribution in [1.29, 1.82) is 0 Å². The summed E-state index contributed by atoms with van der Waals surface area (Å²) in [6.45, 7) is 1.59. The van der Waals surface area contributed by atoms with Gasteiger partial charge in [0.1, 0.15) is 11.6 Å². The Labute approximate surface area is 121 Å². The quantitative estimate of drug-likeness (QED) is 0.776. The van der Waals surface area contributed by atoms with Crippen LogP contribution >= 0.6 is 0 Å². The van der Waals surface area contributed by atoms with Gasteiger partial charge >= 0.3 is 0 Å². The van der Waals surface area contributed by atoms with Gasteiger partial charge in [-0.2, -0.15) is 0 Å². The number of rotatable bonds is 2. The molecule has 1 atom stereocenters. The Morgan fingerprint density at radius 3 is 2.62 bits per heavy atom. The molecule has 0 aliphatic carbocycles. The lowest BCUT2D eigenvalue weighted by molar-refractivity contribution is 0.561. The monoisotopic (exact) mass is 284 g/mol. The highest BCUT2D eigenvalue weighted by atomic mass is 19.1. The van der Waals surface area contributed by atoms with Gasteiger partial charge in [-0.25, -0.2) is 8.78 Å². The summed E-state index contributed by atoms with van der Waals surface area (Å²) in [6, 6.07) is 10.9. The Balaban J connectivity index is 2.17. The lowest BCUT2D eigenvalue weighted by Gasteiger charge is -2.16. The van der Waals surface area contributed by atoms with E-state index in [0.717, 1.165) is 22.5 Å². The fourth-order valence-corrected chi connectivity index (χ4v) is 2.48. The van der Waals surface area contributed by atoms with Crippen molar-refractivity contribution in [2.24, 2.45) is 5.73 Å². The molecule has 0 saturated heterocycles. The van der Waals surface area contributed by atoms with E-state index in [4.69, 9.17) is 5.73 Å². The first-order chi connectivity index (χ1) is 10.1. The van der Waals surface area contributed by atoms with Gasteiger partial charge in [-0.1, -0.05) is 18.2 Å². The predicted octanol–water partition coefficient (Wildman–Crippen LogP) is 3.87. The third kappa shape index (κ3) is 2.38. The third-order valence-electron chi connectivity index (χ3n) is 3.63. The Morgan fingerprint density at radius 2 is 1.81 bits per heavy atom. The number of nitrogens with two attached hydrogens (primary N) is 1. The van der Waals surface area contributed by atoms with Gasteiger partial charge in [-0.15, -0.1) is 0 Å². The van der Waals surface area contributed by atoms with Gasteiger partial charge in [0.15, 0.2) is 0 Å². The molecule has 0 spiro atoms. The average Bonchev–Trinajstić information content (AvgIpc) is 2.49. The minimum absolute atomic E-state index is 0.283. The number of halogens is 2. The Morgan fingerprint density at radius 1 is 1.00 bits per heavy atom. The topological polar surface area (TPSA) is 38.9 Å². The summed E-state index contributed by atoms with van der Waals surface area (Å²) in [5.74, 6) is -1.20. The van der Waals surface area contributed by atoms with Crippen LogP contribution in [0, 0.1) is 18.6 Å². The number of hydrogen-bond acceptors (Lipinski definition) is 2. The molecule has 2 nitrogen and oxygen atoms in total. The summed E-state index contributed by atoms with van der Waals surface area (Å²) in [5.41, 5.74) is 8.43. The molecule has 3 rings (SSSR count). The van der Waals surface area contributed by atoms with E-state index < -0.39 is 17.7 Å². The highest BCUT2D eigenvalue weighted by Gasteiger charge is 2.18. The number of hydrogen-bond donors (Lipinski definition) is 1. The molecule has 1 heterocycles. The van der Waals surface area contributed by atoms with Crippen molar-refractivity contribution in [2.45, 2.75) is 13.0 Å². The Hall–Kier alpha value is -2.33. The van der Waals surface area contributed by atoms with E-state index in [2.05, 4.69) is 4.98 Å². The average molecular weight is 284 g/mol. The van der Waals surface area contributed by atoms with E-state index in [-0.39, 0.29) is 5.56 Å². The fourth-order valence-electron chi connectivity index (χ4n) is 2.48. The van der Waals surface area contributed by atoms with Gasteiger partial charge in [-0.3, -0.25) is 4.98 Å². The van der Waals surface area contributed by atoms with Crippen molar-refractivity contribution in [3.63, 3.8) is 0 Å². The van der Waals surface area contributed by atoms with Crippen LogP contribution in [0.4, 0.5) is 8.78 Å². The summed E-state index contributed by atoms with van der Waals surface area (Å²) in [7, 11) is 0. The van der Waals surface area contributed by atoms with Crippen LogP contribution in [-0.4, -0.2) is 4.98 Å². The molecule has 2 N–H and O–H groups in total. The molecule has 0 bridgehead atoms. The maximum atomic E-state index is 14.0. The molecule has 106 valence electrons. The second kappa shape index (κ2) is 5.22. The van der Waals surface area contributed by atoms with Gasteiger partial charge in [0, 0.05) is 23.2 Å². The first-order valence-electron chi connectivity index (χ1n) is 6.62. The molecule has 0 radical (unpaired) electrons. The molecular formula is C17H14F2N2. The summed E-state index contributed by atoms with van der Waals surface area (Å²) >= 11 is 0. The van der Waals surface area contributed by atoms with E-state index in [1.165, 1.54) is 6.07 Å². The zero-order valence-corrected chi connectivity index (χ0v) is 11.5. The van der Waals surface area contributed by atoms with Crippen LogP contribution in [0.15, 0.2) is 48.7 Å². The second-order valence-corrected chi connectivity index (χ2v) is 5.02. The summed E-state index contributed by atoms with van der Waals surface area (Å²) in [4.78, 5) is 4.26. The first-order valence-corrected chi connectivity index (χ1v) is 6.62. The predicted molar refractivity (Wildman–Crippen MR) is 78.9 cm³/mol. The van der Waals surface area contributed by atoms with E-state index in [9.17, 15) is 8.78 Å². The maximum Gasteiger partial charge on any atom is 0.131 e. The highest BCUT2D eigenvalue weighted by molar-refractivity contribution is 5.82.